The Labute approximate surface area is 211 Å². The average Bonchev–Trinajstić information content (AvgIpc) is 3.47. The number of hydrogen-bond donors (Lipinski definition) is 1. The third-order valence-electron chi connectivity index (χ3n) is 6.93. The van der Waals surface area contributed by atoms with Gasteiger partial charge in [-0.2, -0.15) is 4.98 Å². The van der Waals surface area contributed by atoms with E-state index in [9.17, 15) is 9.59 Å². The van der Waals surface area contributed by atoms with Crippen LogP contribution in [0.15, 0.2) is 36.4 Å². The Balaban J connectivity index is 1.21. The number of amides is 1. The van der Waals surface area contributed by atoms with E-state index in [0.29, 0.717) is 71.2 Å². The number of piperidine rings is 1. The van der Waals surface area contributed by atoms with Gasteiger partial charge in [-0.05, 0) is 40.8 Å². The van der Waals surface area contributed by atoms with Crippen molar-refractivity contribution in [1.29, 1.82) is 0 Å². The molecule has 188 valence electrons. The van der Waals surface area contributed by atoms with Crippen molar-refractivity contribution in [2.24, 2.45) is 0 Å². The zero-order chi connectivity index (χ0) is 25.6. The quantitative estimate of drug-likeness (QED) is 0.442. The van der Waals surface area contributed by atoms with Crippen molar-refractivity contribution in [3.63, 3.8) is 0 Å². The highest BCUT2D eigenvalue weighted by Crippen LogP contribution is 2.40. The van der Waals surface area contributed by atoms with Crippen molar-refractivity contribution in [1.82, 2.24) is 35.5 Å². The first-order chi connectivity index (χ1) is 18.0. The van der Waals surface area contributed by atoms with Crippen LogP contribution in [0.3, 0.4) is 0 Å². The van der Waals surface area contributed by atoms with Gasteiger partial charge in [0.2, 0.25) is 11.7 Å². The van der Waals surface area contributed by atoms with Gasteiger partial charge in [-0.1, -0.05) is 6.07 Å². The molecule has 1 fully saturated rings. The van der Waals surface area contributed by atoms with E-state index in [1.54, 1.807) is 30.2 Å². The number of nitrogens with one attached hydrogen (secondary N) is 1. The lowest BCUT2D eigenvalue weighted by Crippen LogP contribution is -2.52. The third-order valence-corrected chi connectivity index (χ3v) is 6.93. The van der Waals surface area contributed by atoms with E-state index >= 15 is 0 Å². The van der Waals surface area contributed by atoms with Gasteiger partial charge in [0.15, 0.2) is 11.6 Å². The van der Waals surface area contributed by atoms with Crippen LogP contribution in [0.2, 0.25) is 0 Å². The first kappa shape index (κ1) is 22.8. The molecule has 12 nitrogen and oxygen atoms in total. The van der Waals surface area contributed by atoms with E-state index in [1.807, 2.05) is 18.2 Å². The zero-order valence-corrected chi connectivity index (χ0v) is 20.2. The van der Waals surface area contributed by atoms with Crippen LogP contribution in [0.25, 0.3) is 22.3 Å². The van der Waals surface area contributed by atoms with E-state index in [4.69, 9.17) is 14.2 Å². The van der Waals surface area contributed by atoms with Gasteiger partial charge in [0.25, 0.3) is 5.91 Å². The molecule has 1 amide bonds. The lowest BCUT2D eigenvalue weighted by atomic mass is 9.82. The number of tetrazole rings is 1. The number of aromatic amines is 1. The molecule has 12 heteroatoms. The molecule has 1 spiro atoms. The monoisotopic (exact) mass is 501 g/mol. The number of carbonyl (C=O) groups excluding carboxylic acids is 2. The van der Waals surface area contributed by atoms with Crippen molar-refractivity contribution in [2.75, 3.05) is 27.3 Å². The van der Waals surface area contributed by atoms with E-state index in [1.165, 1.54) is 7.11 Å². The second-order valence-electron chi connectivity index (χ2n) is 9.05. The number of likely N-dealkylation sites (tertiary alicyclic amines) is 1. The molecule has 0 unspecified atom stereocenters. The van der Waals surface area contributed by atoms with Gasteiger partial charge in [-0.3, -0.25) is 9.59 Å². The van der Waals surface area contributed by atoms with Crippen molar-refractivity contribution in [3.8, 4) is 28.8 Å². The topological polar surface area (TPSA) is 145 Å². The van der Waals surface area contributed by atoms with E-state index in [-0.39, 0.29) is 23.9 Å². The molecular weight excluding hydrogens is 478 g/mol. The van der Waals surface area contributed by atoms with Crippen molar-refractivity contribution in [3.05, 3.63) is 47.8 Å². The number of hydrogen-bond acceptors (Lipinski definition) is 10. The van der Waals surface area contributed by atoms with Crippen LogP contribution in [0.4, 0.5) is 0 Å². The summed E-state index contributed by atoms with van der Waals surface area (Å²) < 4.78 is 17.2. The Morgan fingerprint density at radius 3 is 2.68 bits per heavy atom. The van der Waals surface area contributed by atoms with Gasteiger partial charge in [-0.15, -0.1) is 5.10 Å². The lowest BCUT2D eigenvalue weighted by molar-refractivity contribution is -0.00600. The summed E-state index contributed by atoms with van der Waals surface area (Å²) in [5, 5.41) is 14.4. The largest absolute Gasteiger partial charge is 0.494 e. The van der Waals surface area contributed by atoms with Crippen LogP contribution in [-0.4, -0.2) is 80.1 Å². The molecule has 1 saturated heterocycles. The fourth-order valence-electron chi connectivity index (χ4n) is 4.97. The molecule has 2 aromatic carbocycles. The number of H-pyrrole nitrogens is 1. The minimum Gasteiger partial charge on any atom is -0.494 e. The number of methoxy groups -OCH3 is 2. The smallest absolute Gasteiger partial charge is 0.291 e. The molecule has 2 aliphatic rings. The van der Waals surface area contributed by atoms with Crippen molar-refractivity contribution < 1.29 is 23.8 Å². The first-order valence-electron chi connectivity index (χ1n) is 11.8. The minimum absolute atomic E-state index is 0.00922. The van der Waals surface area contributed by atoms with Gasteiger partial charge in [0, 0.05) is 31.5 Å². The number of ketones is 1. The number of fused-ring (bicyclic) bond motifs is 2. The molecule has 2 aromatic heterocycles. The van der Waals surface area contributed by atoms with E-state index < -0.39 is 5.60 Å². The van der Waals surface area contributed by atoms with Gasteiger partial charge in [0.05, 0.1) is 31.6 Å². The Hall–Kier alpha value is -4.61. The Kier molecular flexibility index (Phi) is 5.43. The number of carbonyl (C=O) groups is 2. The highest BCUT2D eigenvalue weighted by molar-refractivity contribution is 6.01. The standard InChI is InChI=1S/C25H23N7O5/c1-35-19-5-3-4-15-20(19)26-22(27-23(15)36-2)24(34)32-10-8-25(9-11-32)13-17(33)16-12-14(6-7-18(16)37-25)21-28-30-31-29-21/h3-7,12H,8-11,13H2,1-2H3,(H,28,29,30,31). The summed E-state index contributed by atoms with van der Waals surface area (Å²) in [6.07, 6.45) is 1.25. The number of nitrogens with zero attached hydrogens (tertiary/aromatic N) is 6. The fraction of sp³-hybridized carbons (Fsp3) is 0.320. The summed E-state index contributed by atoms with van der Waals surface area (Å²) in [6.45, 7) is 0.803. The molecule has 0 saturated carbocycles. The molecule has 4 aromatic rings. The summed E-state index contributed by atoms with van der Waals surface area (Å²) in [4.78, 5) is 37.0. The Bertz CT molecular complexity index is 1510. The summed E-state index contributed by atoms with van der Waals surface area (Å²) in [5.41, 5.74) is 1.05. The van der Waals surface area contributed by atoms with Crippen LogP contribution >= 0.6 is 0 Å². The van der Waals surface area contributed by atoms with Crippen LogP contribution in [0.1, 0.15) is 40.2 Å². The summed E-state index contributed by atoms with van der Waals surface area (Å²) in [7, 11) is 3.05. The number of ether oxygens (including phenoxy) is 3. The first-order valence-corrected chi connectivity index (χ1v) is 11.8. The predicted molar refractivity (Wildman–Crippen MR) is 130 cm³/mol. The Morgan fingerprint density at radius 1 is 1.11 bits per heavy atom. The molecule has 37 heavy (non-hydrogen) atoms. The van der Waals surface area contributed by atoms with E-state index in [0.717, 1.165) is 0 Å². The average molecular weight is 502 g/mol. The normalized spacial score (nSPS) is 16.4. The zero-order valence-electron chi connectivity index (χ0n) is 20.2. The maximum atomic E-state index is 13.4. The van der Waals surface area contributed by atoms with E-state index in [2.05, 4.69) is 30.6 Å². The molecule has 0 bridgehead atoms. The molecule has 2 aliphatic heterocycles. The third kappa shape index (κ3) is 3.90. The Morgan fingerprint density at radius 2 is 1.95 bits per heavy atom. The fourth-order valence-corrected chi connectivity index (χ4v) is 4.97. The SMILES string of the molecule is COc1nc(C(=O)N2CCC3(CC2)CC(=O)c2cc(-c4nnn[nH]4)ccc2O3)nc2c(OC)cccc12. The number of benzene rings is 2. The summed E-state index contributed by atoms with van der Waals surface area (Å²) >= 11 is 0. The van der Waals surface area contributed by atoms with Gasteiger partial charge in [0.1, 0.15) is 22.6 Å². The number of para-hydroxylation sites is 1. The minimum atomic E-state index is -0.665. The van der Waals surface area contributed by atoms with Gasteiger partial charge in [-0.25, -0.2) is 10.1 Å². The summed E-state index contributed by atoms with van der Waals surface area (Å²) in [6, 6.07) is 10.7. The number of aromatic nitrogens is 6. The molecule has 1 N–H and O–H groups in total. The van der Waals surface area contributed by atoms with Crippen LogP contribution in [0.5, 0.6) is 17.4 Å². The maximum Gasteiger partial charge on any atom is 0.291 e. The number of Topliss-reactive ketones (excluding diaryl/α,β-unsaturated/α-hetero) is 1. The maximum absolute atomic E-state index is 13.4. The molecular formula is C25H23N7O5. The van der Waals surface area contributed by atoms with Crippen molar-refractivity contribution in [2.45, 2.75) is 24.9 Å². The van der Waals surface area contributed by atoms with Crippen LogP contribution in [0, 0.1) is 0 Å². The highest BCUT2D eigenvalue weighted by atomic mass is 16.5. The molecule has 0 radical (unpaired) electrons. The number of rotatable bonds is 4. The molecule has 0 aliphatic carbocycles. The second kappa shape index (κ2) is 8.80. The van der Waals surface area contributed by atoms with Gasteiger partial charge >= 0.3 is 0 Å². The molecule has 6 rings (SSSR count). The van der Waals surface area contributed by atoms with Crippen LogP contribution < -0.4 is 14.2 Å². The predicted octanol–water partition coefficient (Wildman–Crippen LogP) is 2.47. The highest BCUT2D eigenvalue weighted by Gasteiger charge is 2.44. The van der Waals surface area contributed by atoms with Crippen LogP contribution in [-0.2, 0) is 0 Å². The molecule has 0 atom stereocenters. The second-order valence-corrected chi connectivity index (χ2v) is 9.05. The van der Waals surface area contributed by atoms with Crippen molar-refractivity contribution >= 4 is 22.6 Å². The molecule has 4 heterocycles. The summed E-state index contributed by atoms with van der Waals surface area (Å²) in [5.74, 6) is 1.55. The van der Waals surface area contributed by atoms with Gasteiger partial charge < -0.3 is 19.1 Å². The lowest BCUT2D eigenvalue weighted by Gasteiger charge is -2.43.